The third-order valence-corrected chi connectivity index (χ3v) is 5.18. The first-order valence-corrected chi connectivity index (χ1v) is 9.73. The maximum absolute atomic E-state index is 11.6. The summed E-state index contributed by atoms with van der Waals surface area (Å²) in [7, 11) is -3.63. The standard InChI is InChI=1S/C17H12ClNO7S/c1-9-5-17(20)26-15-8-16(12(18)7-11(9)15)25-14-4-3-10(27(2,23)24)6-13(14)19(21)22/h3-8H,1-2H3. The van der Waals surface area contributed by atoms with Crippen molar-refractivity contribution in [3.63, 3.8) is 0 Å². The van der Waals surface area contributed by atoms with Gasteiger partial charge in [-0.25, -0.2) is 13.2 Å². The highest BCUT2D eigenvalue weighted by Gasteiger charge is 2.21. The lowest BCUT2D eigenvalue weighted by Crippen LogP contribution is -2.01. The fraction of sp³-hybridized carbons (Fsp3) is 0.118. The molecule has 0 bridgehead atoms. The van der Waals surface area contributed by atoms with Gasteiger partial charge in [0.15, 0.2) is 9.84 Å². The Bertz CT molecular complexity index is 1250. The van der Waals surface area contributed by atoms with Crippen molar-refractivity contribution in [1.82, 2.24) is 0 Å². The summed E-state index contributed by atoms with van der Waals surface area (Å²) >= 11 is 6.19. The number of hydrogen-bond donors (Lipinski definition) is 0. The third-order valence-electron chi connectivity index (χ3n) is 3.78. The van der Waals surface area contributed by atoms with Crippen molar-refractivity contribution in [2.24, 2.45) is 0 Å². The summed E-state index contributed by atoms with van der Waals surface area (Å²) in [6.07, 6.45) is 0.942. The van der Waals surface area contributed by atoms with E-state index in [0.717, 1.165) is 12.3 Å². The Morgan fingerprint density at radius 2 is 1.85 bits per heavy atom. The highest BCUT2D eigenvalue weighted by Crippen LogP contribution is 2.38. The summed E-state index contributed by atoms with van der Waals surface area (Å²) < 4.78 is 33.9. The number of nitrogens with zero attached hydrogens (tertiary/aromatic N) is 1. The van der Waals surface area contributed by atoms with Gasteiger partial charge in [0.05, 0.1) is 14.8 Å². The van der Waals surface area contributed by atoms with Gasteiger partial charge < -0.3 is 9.15 Å². The molecule has 0 N–H and O–H groups in total. The van der Waals surface area contributed by atoms with Crippen molar-refractivity contribution in [2.45, 2.75) is 11.8 Å². The minimum atomic E-state index is -3.63. The number of aryl methyl sites for hydroxylation is 1. The largest absolute Gasteiger partial charge is 0.448 e. The fourth-order valence-electron chi connectivity index (χ4n) is 2.47. The number of nitro groups is 1. The highest BCUT2D eigenvalue weighted by molar-refractivity contribution is 7.90. The lowest BCUT2D eigenvalue weighted by molar-refractivity contribution is -0.385. The molecule has 0 amide bonds. The first kappa shape index (κ1) is 18.9. The molecule has 3 rings (SSSR count). The van der Waals surface area contributed by atoms with Crippen molar-refractivity contribution in [3.05, 3.63) is 67.5 Å². The van der Waals surface area contributed by atoms with Crippen LogP contribution in [0.2, 0.25) is 5.02 Å². The Labute approximate surface area is 158 Å². The van der Waals surface area contributed by atoms with Crippen molar-refractivity contribution < 1.29 is 22.5 Å². The zero-order chi connectivity index (χ0) is 19.9. The van der Waals surface area contributed by atoms with Crippen molar-refractivity contribution in [3.8, 4) is 11.5 Å². The van der Waals surface area contributed by atoms with Crippen LogP contribution >= 0.6 is 11.6 Å². The highest BCUT2D eigenvalue weighted by atomic mass is 35.5. The van der Waals surface area contributed by atoms with Gasteiger partial charge >= 0.3 is 11.3 Å². The van der Waals surface area contributed by atoms with Gasteiger partial charge in [0.2, 0.25) is 5.75 Å². The molecule has 3 aromatic rings. The van der Waals surface area contributed by atoms with E-state index in [1.54, 1.807) is 6.92 Å². The average Bonchev–Trinajstić information content (AvgIpc) is 2.55. The second-order valence-electron chi connectivity index (χ2n) is 5.79. The molecule has 0 saturated heterocycles. The second kappa shape index (κ2) is 6.67. The minimum Gasteiger partial charge on any atom is -0.448 e. The van der Waals surface area contributed by atoms with Crippen LogP contribution in [0.4, 0.5) is 5.69 Å². The van der Waals surface area contributed by atoms with E-state index in [0.29, 0.717) is 10.9 Å². The Kier molecular flexibility index (Phi) is 4.66. The van der Waals surface area contributed by atoms with Crippen LogP contribution in [0.15, 0.2) is 50.5 Å². The van der Waals surface area contributed by atoms with E-state index >= 15 is 0 Å². The Morgan fingerprint density at radius 3 is 2.48 bits per heavy atom. The molecule has 0 saturated carbocycles. The predicted molar refractivity (Wildman–Crippen MR) is 98.5 cm³/mol. The number of rotatable bonds is 4. The molecule has 1 heterocycles. The molecular formula is C17H12ClNO7S. The van der Waals surface area contributed by atoms with Crippen LogP contribution in [0.3, 0.4) is 0 Å². The molecule has 0 atom stereocenters. The van der Waals surface area contributed by atoms with Gasteiger partial charge in [-0.05, 0) is 30.7 Å². The number of halogens is 1. The number of benzene rings is 2. The third kappa shape index (κ3) is 3.79. The van der Waals surface area contributed by atoms with E-state index in [9.17, 15) is 23.3 Å². The monoisotopic (exact) mass is 409 g/mol. The van der Waals surface area contributed by atoms with Crippen LogP contribution in [-0.2, 0) is 9.84 Å². The number of sulfone groups is 1. The summed E-state index contributed by atoms with van der Waals surface area (Å²) in [5, 5.41) is 12.0. The zero-order valence-electron chi connectivity index (χ0n) is 14.1. The molecule has 140 valence electrons. The first-order chi connectivity index (χ1) is 12.6. The SMILES string of the molecule is Cc1cc(=O)oc2cc(Oc3ccc(S(C)(=O)=O)cc3[N+](=O)[O-])c(Cl)cc12. The maximum atomic E-state index is 11.6. The lowest BCUT2D eigenvalue weighted by Gasteiger charge is -2.10. The fourth-order valence-corrected chi connectivity index (χ4v) is 3.32. The quantitative estimate of drug-likeness (QED) is 0.364. The molecule has 0 aliphatic carbocycles. The summed E-state index contributed by atoms with van der Waals surface area (Å²) in [6.45, 7) is 1.71. The number of fused-ring (bicyclic) bond motifs is 1. The summed E-state index contributed by atoms with van der Waals surface area (Å²) in [5.41, 5.74) is -0.246. The zero-order valence-corrected chi connectivity index (χ0v) is 15.6. The van der Waals surface area contributed by atoms with Crippen LogP contribution in [0.1, 0.15) is 5.56 Å². The topological polar surface area (TPSA) is 117 Å². The molecular weight excluding hydrogens is 398 g/mol. The van der Waals surface area contributed by atoms with E-state index in [-0.39, 0.29) is 27.0 Å². The van der Waals surface area contributed by atoms with E-state index in [1.807, 2.05) is 0 Å². The Morgan fingerprint density at radius 1 is 1.15 bits per heavy atom. The van der Waals surface area contributed by atoms with Crippen LogP contribution < -0.4 is 10.4 Å². The van der Waals surface area contributed by atoms with Gasteiger partial charge in [-0.1, -0.05) is 11.6 Å². The van der Waals surface area contributed by atoms with Gasteiger partial charge in [-0.2, -0.15) is 0 Å². The number of ether oxygens (including phenoxy) is 1. The van der Waals surface area contributed by atoms with Gasteiger partial charge in [-0.15, -0.1) is 0 Å². The molecule has 0 fully saturated rings. The van der Waals surface area contributed by atoms with E-state index in [4.69, 9.17) is 20.8 Å². The molecule has 10 heteroatoms. The van der Waals surface area contributed by atoms with Crippen LogP contribution in [0.5, 0.6) is 11.5 Å². The van der Waals surface area contributed by atoms with Crippen LogP contribution in [0, 0.1) is 17.0 Å². The first-order valence-electron chi connectivity index (χ1n) is 7.46. The molecule has 2 aromatic carbocycles. The summed E-state index contributed by atoms with van der Waals surface area (Å²) in [5.74, 6) is -0.184. The molecule has 27 heavy (non-hydrogen) atoms. The second-order valence-corrected chi connectivity index (χ2v) is 8.21. The van der Waals surface area contributed by atoms with Crippen molar-refractivity contribution in [1.29, 1.82) is 0 Å². The number of hydrogen-bond acceptors (Lipinski definition) is 7. The van der Waals surface area contributed by atoms with Gasteiger partial charge in [0.25, 0.3) is 0 Å². The predicted octanol–water partition coefficient (Wildman–Crippen LogP) is 3.86. The number of nitro benzene ring substituents is 1. The van der Waals surface area contributed by atoms with Crippen LogP contribution in [-0.4, -0.2) is 19.6 Å². The molecule has 0 aliphatic heterocycles. The normalized spacial score (nSPS) is 11.5. The molecule has 0 radical (unpaired) electrons. The summed E-state index contributed by atoms with van der Waals surface area (Å²) in [4.78, 5) is 21.9. The summed E-state index contributed by atoms with van der Waals surface area (Å²) in [6, 6.07) is 7.44. The molecule has 1 aromatic heterocycles. The minimum absolute atomic E-state index is 0.0214. The molecule has 0 unspecified atom stereocenters. The maximum Gasteiger partial charge on any atom is 0.336 e. The van der Waals surface area contributed by atoms with E-state index in [2.05, 4.69) is 0 Å². The Balaban J connectivity index is 2.13. The van der Waals surface area contributed by atoms with Crippen molar-refractivity contribution >= 4 is 38.1 Å². The molecule has 0 spiro atoms. The van der Waals surface area contributed by atoms with E-state index in [1.165, 1.54) is 30.3 Å². The molecule has 0 aliphatic rings. The van der Waals surface area contributed by atoms with Gasteiger partial charge in [0.1, 0.15) is 11.3 Å². The average molecular weight is 410 g/mol. The van der Waals surface area contributed by atoms with Gasteiger partial charge in [-0.3, -0.25) is 10.1 Å². The van der Waals surface area contributed by atoms with Crippen molar-refractivity contribution in [2.75, 3.05) is 6.26 Å². The van der Waals surface area contributed by atoms with Crippen LogP contribution in [0.25, 0.3) is 11.0 Å². The lowest BCUT2D eigenvalue weighted by atomic mass is 10.1. The molecule has 8 nitrogen and oxygen atoms in total. The van der Waals surface area contributed by atoms with E-state index < -0.39 is 26.1 Å². The van der Waals surface area contributed by atoms with Gasteiger partial charge in [0, 0.05) is 29.8 Å². The Hall–Kier alpha value is -2.91. The smallest absolute Gasteiger partial charge is 0.336 e.